The number of ether oxygens (including phenoxy) is 1. The Hall–Kier alpha value is -0.830. The van der Waals surface area contributed by atoms with Crippen LogP contribution in [0, 0.1) is 6.92 Å². The van der Waals surface area contributed by atoms with Crippen LogP contribution in [-0.4, -0.2) is 23.5 Å². The molecule has 1 radical (unpaired) electrons. The van der Waals surface area contributed by atoms with Gasteiger partial charge in [0.05, 0.1) is 19.3 Å². The van der Waals surface area contributed by atoms with Crippen molar-refractivity contribution in [3.05, 3.63) is 24.9 Å². The van der Waals surface area contributed by atoms with E-state index in [1.54, 1.807) is 7.11 Å². The molecule has 0 fully saturated rings. The third kappa shape index (κ3) is 2.35. The van der Waals surface area contributed by atoms with E-state index in [0.29, 0.717) is 6.61 Å². The van der Waals surface area contributed by atoms with Gasteiger partial charge in [-0.15, -0.1) is 0 Å². The molecule has 0 amide bonds. The van der Waals surface area contributed by atoms with Gasteiger partial charge in [-0.2, -0.15) is 5.10 Å². The molecular weight excluding hydrogens is 140 g/mol. The second kappa shape index (κ2) is 4.13. The molecule has 0 atom stereocenters. The average Bonchev–Trinajstić information content (AvgIpc) is 2.48. The maximum absolute atomic E-state index is 4.91. The first kappa shape index (κ1) is 8.27. The number of nitrogens with zero attached hydrogens (tertiary/aromatic N) is 2. The molecule has 0 spiro atoms. The van der Waals surface area contributed by atoms with Gasteiger partial charge in [-0.3, -0.25) is 4.68 Å². The van der Waals surface area contributed by atoms with Crippen molar-refractivity contribution in [1.82, 2.24) is 9.78 Å². The van der Waals surface area contributed by atoms with Crippen LogP contribution in [0.5, 0.6) is 0 Å². The summed E-state index contributed by atoms with van der Waals surface area (Å²) in [4.78, 5) is 0. The van der Waals surface area contributed by atoms with Gasteiger partial charge in [0.2, 0.25) is 0 Å². The van der Waals surface area contributed by atoms with Crippen molar-refractivity contribution < 1.29 is 4.74 Å². The van der Waals surface area contributed by atoms with Gasteiger partial charge in [0.15, 0.2) is 0 Å². The van der Waals surface area contributed by atoms with Crippen molar-refractivity contribution in [3.63, 3.8) is 0 Å². The van der Waals surface area contributed by atoms with Crippen molar-refractivity contribution in [2.24, 2.45) is 0 Å². The minimum atomic E-state index is 0.707. The lowest BCUT2D eigenvalue weighted by atomic mass is 10.3. The van der Waals surface area contributed by atoms with E-state index in [9.17, 15) is 0 Å². The second-order valence-electron chi connectivity index (χ2n) is 2.35. The van der Waals surface area contributed by atoms with Gasteiger partial charge in [-0.25, -0.2) is 0 Å². The quantitative estimate of drug-likeness (QED) is 0.642. The number of methoxy groups -OCH3 is 1. The summed E-state index contributed by atoms with van der Waals surface area (Å²) >= 11 is 0. The molecule has 1 heterocycles. The van der Waals surface area contributed by atoms with Crippen LogP contribution in [0.25, 0.3) is 0 Å². The number of hydrogen-bond donors (Lipinski definition) is 0. The van der Waals surface area contributed by atoms with E-state index in [0.717, 1.165) is 13.0 Å². The van der Waals surface area contributed by atoms with Crippen LogP contribution in [-0.2, 0) is 17.7 Å². The molecule has 0 N–H and O–H groups in total. The Labute approximate surface area is 67.0 Å². The first-order chi connectivity index (χ1) is 5.36. The van der Waals surface area contributed by atoms with E-state index in [-0.39, 0.29) is 0 Å². The third-order valence-corrected chi connectivity index (χ3v) is 1.50. The Kier molecular flexibility index (Phi) is 3.11. The van der Waals surface area contributed by atoms with Crippen molar-refractivity contribution in [3.8, 4) is 0 Å². The van der Waals surface area contributed by atoms with E-state index in [4.69, 9.17) is 4.74 Å². The summed E-state index contributed by atoms with van der Waals surface area (Å²) < 4.78 is 6.78. The fraction of sp³-hybridized carbons (Fsp3) is 0.500. The SMILES string of the molecule is [CH2]Cc1cnn(CCOC)c1. The highest BCUT2D eigenvalue weighted by Crippen LogP contribution is 1.97. The molecule has 61 valence electrons. The van der Waals surface area contributed by atoms with Crippen LogP contribution >= 0.6 is 0 Å². The third-order valence-electron chi connectivity index (χ3n) is 1.50. The summed E-state index contributed by atoms with van der Waals surface area (Å²) in [6, 6.07) is 0. The average molecular weight is 153 g/mol. The first-order valence-corrected chi connectivity index (χ1v) is 3.66. The molecule has 0 saturated carbocycles. The first-order valence-electron chi connectivity index (χ1n) is 3.66. The predicted molar refractivity (Wildman–Crippen MR) is 43.2 cm³/mol. The van der Waals surface area contributed by atoms with E-state index in [2.05, 4.69) is 12.0 Å². The fourth-order valence-electron chi connectivity index (χ4n) is 0.843. The van der Waals surface area contributed by atoms with Crippen molar-refractivity contribution in [2.45, 2.75) is 13.0 Å². The zero-order valence-electron chi connectivity index (χ0n) is 6.79. The van der Waals surface area contributed by atoms with Gasteiger partial charge in [0.25, 0.3) is 0 Å². The lowest BCUT2D eigenvalue weighted by molar-refractivity contribution is 0.183. The lowest BCUT2D eigenvalue weighted by Gasteiger charge is -1.97. The Morgan fingerprint density at radius 3 is 3.09 bits per heavy atom. The molecular formula is C8H13N2O. The van der Waals surface area contributed by atoms with Crippen LogP contribution in [0.15, 0.2) is 12.4 Å². The normalized spacial score (nSPS) is 10.4. The molecule has 1 aromatic heterocycles. The number of rotatable bonds is 4. The van der Waals surface area contributed by atoms with Crippen molar-refractivity contribution in [2.75, 3.05) is 13.7 Å². The summed E-state index contributed by atoms with van der Waals surface area (Å²) in [5, 5.41) is 4.12. The zero-order chi connectivity index (χ0) is 8.10. The van der Waals surface area contributed by atoms with Crippen LogP contribution in [0.3, 0.4) is 0 Å². The topological polar surface area (TPSA) is 27.1 Å². The van der Waals surface area contributed by atoms with Crippen LogP contribution in [0.2, 0.25) is 0 Å². The highest BCUT2D eigenvalue weighted by atomic mass is 16.5. The van der Waals surface area contributed by atoms with Crippen molar-refractivity contribution in [1.29, 1.82) is 0 Å². The molecule has 0 unspecified atom stereocenters. The molecule has 0 aliphatic heterocycles. The van der Waals surface area contributed by atoms with E-state index >= 15 is 0 Å². The molecule has 1 aromatic rings. The van der Waals surface area contributed by atoms with Gasteiger partial charge >= 0.3 is 0 Å². The maximum atomic E-state index is 4.91. The van der Waals surface area contributed by atoms with Crippen LogP contribution < -0.4 is 0 Å². The van der Waals surface area contributed by atoms with Gasteiger partial charge in [0, 0.05) is 13.3 Å². The standard InChI is InChI=1S/C8H13N2O/c1-3-8-6-9-10(7-8)4-5-11-2/h6-7H,1,3-5H2,2H3. The Morgan fingerprint density at radius 2 is 2.55 bits per heavy atom. The van der Waals surface area contributed by atoms with Crippen LogP contribution in [0.4, 0.5) is 0 Å². The summed E-state index contributed by atoms with van der Waals surface area (Å²) in [6.45, 7) is 5.29. The summed E-state index contributed by atoms with van der Waals surface area (Å²) in [6.07, 6.45) is 4.63. The smallest absolute Gasteiger partial charge is 0.0658 e. The fourth-order valence-corrected chi connectivity index (χ4v) is 0.843. The highest BCUT2D eigenvalue weighted by Gasteiger charge is 1.94. The molecule has 3 heteroatoms. The predicted octanol–water partition coefficient (Wildman–Crippen LogP) is 0.906. The highest BCUT2D eigenvalue weighted by molar-refractivity contribution is 5.04. The largest absolute Gasteiger partial charge is 0.383 e. The molecule has 0 aromatic carbocycles. The van der Waals surface area contributed by atoms with E-state index in [1.807, 2.05) is 17.1 Å². The van der Waals surface area contributed by atoms with Gasteiger partial charge in [-0.05, 0) is 18.9 Å². The minimum Gasteiger partial charge on any atom is -0.383 e. The Balaban J connectivity index is 2.44. The number of aromatic nitrogens is 2. The molecule has 3 nitrogen and oxygen atoms in total. The summed E-state index contributed by atoms with van der Waals surface area (Å²) in [7, 11) is 1.69. The molecule has 11 heavy (non-hydrogen) atoms. The minimum absolute atomic E-state index is 0.707. The summed E-state index contributed by atoms with van der Waals surface area (Å²) in [5.74, 6) is 0. The van der Waals surface area contributed by atoms with Gasteiger partial charge < -0.3 is 4.74 Å². The monoisotopic (exact) mass is 153 g/mol. The molecule has 0 saturated heterocycles. The van der Waals surface area contributed by atoms with Crippen LogP contribution in [0.1, 0.15) is 5.56 Å². The molecule has 1 rings (SSSR count). The molecule has 0 aliphatic rings. The molecule has 0 bridgehead atoms. The molecule has 0 aliphatic carbocycles. The van der Waals surface area contributed by atoms with E-state index < -0.39 is 0 Å². The van der Waals surface area contributed by atoms with Crippen molar-refractivity contribution >= 4 is 0 Å². The van der Waals surface area contributed by atoms with Gasteiger partial charge in [0.1, 0.15) is 0 Å². The van der Waals surface area contributed by atoms with E-state index in [1.165, 1.54) is 5.56 Å². The zero-order valence-corrected chi connectivity index (χ0v) is 6.79. The number of hydrogen-bond acceptors (Lipinski definition) is 2. The summed E-state index contributed by atoms with van der Waals surface area (Å²) in [5.41, 5.74) is 1.17. The Bertz CT molecular complexity index is 208. The lowest BCUT2D eigenvalue weighted by Crippen LogP contribution is -2.03. The second-order valence-corrected chi connectivity index (χ2v) is 2.35. The maximum Gasteiger partial charge on any atom is 0.0658 e. The van der Waals surface area contributed by atoms with Gasteiger partial charge in [-0.1, -0.05) is 0 Å². The Morgan fingerprint density at radius 1 is 1.73 bits per heavy atom.